The summed E-state index contributed by atoms with van der Waals surface area (Å²) in [6, 6.07) is 12.8. The highest BCUT2D eigenvalue weighted by Gasteiger charge is 2.17. The van der Waals surface area contributed by atoms with Crippen molar-refractivity contribution in [2.24, 2.45) is 0 Å². The molecule has 2 aromatic rings. The molecular weight excluding hydrogens is 446 g/mol. The predicted molar refractivity (Wildman–Crippen MR) is 123 cm³/mol. The molecule has 0 saturated carbocycles. The van der Waals surface area contributed by atoms with E-state index < -0.39 is 0 Å². The summed E-state index contributed by atoms with van der Waals surface area (Å²) in [7, 11) is 0. The normalized spacial score (nSPS) is 15.7. The minimum absolute atomic E-state index is 0.156. The number of halogens is 1. The van der Waals surface area contributed by atoms with Crippen molar-refractivity contribution in [1.82, 2.24) is 0 Å². The molecule has 0 aromatic heterocycles. The first kappa shape index (κ1) is 22.6. The maximum Gasteiger partial charge on any atom is 0.255 e. The van der Waals surface area contributed by atoms with Crippen molar-refractivity contribution in [1.29, 1.82) is 0 Å². The number of carbonyl (C=O) groups is 1. The average molecular weight is 476 g/mol. The molecule has 1 fully saturated rings. The number of amides is 1. The van der Waals surface area contributed by atoms with Crippen molar-refractivity contribution in [3.05, 3.63) is 52.5 Å². The van der Waals surface area contributed by atoms with Gasteiger partial charge in [0.25, 0.3) is 5.91 Å². The molecule has 0 radical (unpaired) electrons. The first-order valence-electron chi connectivity index (χ1n) is 10.7. The molecule has 1 amide bonds. The van der Waals surface area contributed by atoms with Crippen molar-refractivity contribution >= 4 is 27.5 Å². The van der Waals surface area contributed by atoms with Crippen LogP contribution >= 0.6 is 15.9 Å². The number of ether oxygens (including phenoxy) is 3. The Morgan fingerprint density at radius 2 is 1.97 bits per heavy atom. The van der Waals surface area contributed by atoms with E-state index in [2.05, 4.69) is 28.2 Å². The Balaban J connectivity index is 1.48. The fourth-order valence-corrected chi connectivity index (χ4v) is 3.77. The average Bonchev–Trinajstić information content (AvgIpc) is 3.27. The summed E-state index contributed by atoms with van der Waals surface area (Å²) >= 11 is 3.50. The van der Waals surface area contributed by atoms with Crippen LogP contribution in [0.3, 0.4) is 0 Å². The molecule has 1 atom stereocenters. The van der Waals surface area contributed by atoms with Crippen LogP contribution in [-0.2, 0) is 4.74 Å². The quantitative estimate of drug-likeness (QED) is 0.392. The van der Waals surface area contributed by atoms with Crippen LogP contribution in [0.2, 0.25) is 0 Å². The molecule has 162 valence electrons. The molecule has 1 saturated heterocycles. The van der Waals surface area contributed by atoms with Crippen molar-refractivity contribution in [3.8, 4) is 11.5 Å². The summed E-state index contributed by atoms with van der Waals surface area (Å²) in [6.45, 7) is 4.25. The van der Waals surface area contributed by atoms with E-state index in [9.17, 15) is 4.79 Å². The van der Waals surface area contributed by atoms with E-state index in [1.54, 1.807) is 12.1 Å². The second kappa shape index (κ2) is 12.0. The standard InChI is InChI=1S/C24H30BrNO4/c1-2-3-4-5-14-28-20-11-9-19(10-12-20)26-24(27)18-8-13-23(22(25)16-18)30-17-21-7-6-15-29-21/h8-13,16,21H,2-7,14-15,17H2,1H3,(H,26,27). The SMILES string of the molecule is CCCCCCOc1ccc(NC(=O)c2ccc(OCC3CCCO3)c(Br)c2)cc1. The summed E-state index contributed by atoms with van der Waals surface area (Å²) in [4.78, 5) is 12.6. The predicted octanol–water partition coefficient (Wildman–Crippen LogP) is 6.22. The van der Waals surface area contributed by atoms with Crippen LogP contribution in [0, 0.1) is 0 Å². The highest BCUT2D eigenvalue weighted by Crippen LogP contribution is 2.27. The van der Waals surface area contributed by atoms with Gasteiger partial charge in [0.05, 0.1) is 17.2 Å². The minimum atomic E-state index is -0.172. The van der Waals surface area contributed by atoms with Gasteiger partial charge in [0, 0.05) is 17.9 Å². The molecule has 3 rings (SSSR count). The molecule has 30 heavy (non-hydrogen) atoms. The van der Waals surface area contributed by atoms with Gasteiger partial charge in [-0.25, -0.2) is 0 Å². The van der Waals surface area contributed by atoms with Crippen molar-refractivity contribution < 1.29 is 19.0 Å². The number of carbonyl (C=O) groups excluding carboxylic acids is 1. The Morgan fingerprint density at radius 3 is 2.67 bits per heavy atom. The van der Waals surface area contributed by atoms with Gasteiger partial charge in [-0.15, -0.1) is 0 Å². The van der Waals surface area contributed by atoms with Crippen LogP contribution in [0.5, 0.6) is 11.5 Å². The Labute approximate surface area is 187 Å². The number of rotatable bonds is 11. The van der Waals surface area contributed by atoms with E-state index in [4.69, 9.17) is 14.2 Å². The molecule has 0 bridgehead atoms. The zero-order valence-electron chi connectivity index (χ0n) is 17.5. The number of anilines is 1. The first-order valence-corrected chi connectivity index (χ1v) is 11.5. The van der Waals surface area contributed by atoms with Gasteiger partial charge in [-0.2, -0.15) is 0 Å². The minimum Gasteiger partial charge on any atom is -0.494 e. The Kier molecular flexibility index (Phi) is 9.02. The summed E-state index contributed by atoms with van der Waals surface area (Å²) in [6.07, 6.45) is 6.99. The lowest BCUT2D eigenvalue weighted by Crippen LogP contribution is -2.16. The zero-order chi connectivity index (χ0) is 21.2. The molecule has 1 aliphatic heterocycles. The highest BCUT2D eigenvalue weighted by molar-refractivity contribution is 9.10. The summed E-state index contributed by atoms with van der Waals surface area (Å²) < 4.78 is 17.9. The lowest BCUT2D eigenvalue weighted by molar-refractivity contribution is 0.0677. The van der Waals surface area contributed by atoms with Crippen LogP contribution in [0.1, 0.15) is 55.8 Å². The maximum atomic E-state index is 12.6. The number of benzene rings is 2. The Morgan fingerprint density at radius 1 is 1.13 bits per heavy atom. The van der Waals surface area contributed by atoms with Gasteiger partial charge in [0.15, 0.2) is 0 Å². The molecule has 6 heteroatoms. The van der Waals surface area contributed by atoms with Crippen molar-refractivity contribution in [2.75, 3.05) is 25.1 Å². The molecule has 1 heterocycles. The van der Waals surface area contributed by atoms with E-state index in [0.29, 0.717) is 17.9 Å². The topological polar surface area (TPSA) is 56.8 Å². The van der Waals surface area contributed by atoms with E-state index >= 15 is 0 Å². The van der Waals surface area contributed by atoms with Gasteiger partial charge >= 0.3 is 0 Å². The van der Waals surface area contributed by atoms with Gasteiger partial charge in [0.1, 0.15) is 18.1 Å². The fourth-order valence-electron chi connectivity index (χ4n) is 3.27. The molecule has 2 aromatic carbocycles. The molecular formula is C24H30BrNO4. The maximum absolute atomic E-state index is 12.6. The number of hydrogen-bond donors (Lipinski definition) is 1. The van der Waals surface area contributed by atoms with Crippen LogP contribution < -0.4 is 14.8 Å². The van der Waals surface area contributed by atoms with E-state index in [0.717, 1.165) is 48.4 Å². The third kappa shape index (κ3) is 7.03. The molecule has 0 aliphatic carbocycles. The van der Waals surface area contributed by atoms with E-state index in [-0.39, 0.29) is 12.0 Å². The number of nitrogens with one attached hydrogen (secondary N) is 1. The van der Waals surface area contributed by atoms with Crippen LogP contribution in [0.25, 0.3) is 0 Å². The van der Waals surface area contributed by atoms with Gasteiger partial charge in [0.2, 0.25) is 0 Å². The lowest BCUT2D eigenvalue weighted by Gasteiger charge is -2.13. The first-order chi connectivity index (χ1) is 14.7. The highest BCUT2D eigenvalue weighted by atomic mass is 79.9. The number of unbranched alkanes of at least 4 members (excludes halogenated alkanes) is 3. The van der Waals surface area contributed by atoms with Crippen molar-refractivity contribution in [2.45, 2.75) is 51.6 Å². The smallest absolute Gasteiger partial charge is 0.255 e. The molecule has 5 nitrogen and oxygen atoms in total. The Hall–Kier alpha value is -2.05. The number of hydrogen-bond acceptors (Lipinski definition) is 4. The fraction of sp³-hybridized carbons (Fsp3) is 0.458. The molecule has 1 unspecified atom stereocenters. The molecule has 1 N–H and O–H groups in total. The Bertz CT molecular complexity index is 803. The second-order valence-corrected chi connectivity index (χ2v) is 8.33. The third-order valence-corrected chi connectivity index (χ3v) is 5.64. The van der Waals surface area contributed by atoms with Gasteiger partial charge < -0.3 is 19.5 Å². The third-order valence-electron chi connectivity index (χ3n) is 5.02. The summed E-state index contributed by atoms with van der Waals surface area (Å²) in [5.74, 6) is 1.36. The van der Waals surface area contributed by atoms with Gasteiger partial charge in [-0.3, -0.25) is 4.79 Å². The summed E-state index contributed by atoms with van der Waals surface area (Å²) in [5.41, 5.74) is 1.29. The lowest BCUT2D eigenvalue weighted by atomic mass is 10.2. The van der Waals surface area contributed by atoms with Gasteiger partial charge in [-0.1, -0.05) is 26.2 Å². The van der Waals surface area contributed by atoms with E-state index in [1.807, 2.05) is 30.3 Å². The zero-order valence-corrected chi connectivity index (χ0v) is 19.1. The second-order valence-electron chi connectivity index (χ2n) is 7.48. The summed E-state index contributed by atoms with van der Waals surface area (Å²) in [5, 5.41) is 2.92. The van der Waals surface area contributed by atoms with Crippen LogP contribution in [-0.4, -0.2) is 31.8 Å². The molecule has 1 aliphatic rings. The monoisotopic (exact) mass is 475 g/mol. The van der Waals surface area contributed by atoms with Gasteiger partial charge in [-0.05, 0) is 77.7 Å². The molecule has 0 spiro atoms. The van der Waals surface area contributed by atoms with Crippen LogP contribution in [0.15, 0.2) is 46.9 Å². The van der Waals surface area contributed by atoms with Crippen LogP contribution in [0.4, 0.5) is 5.69 Å². The van der Waals surface area contributed by atoms with E-state index in [1.165, 1.54) is 19.3 Å². The largest absolute Gasteiger partial charge is 0.494 e. The van der Waals surface area contributed by atoms with Crippen molar-refractivity contribution in [3.63, 3.8) is 0 Å².